The van der Waals surface area contributed by atoms with Gasteiger partial charge in [0.2, 0.25) is 5.91 Å². The molecular formula is C11H11F3N2O2. The van der Waals surface area contributed by atoms with Gasteiger partial charge in [0.05, 0.1) is 36.0 Å². The molecule has 7 heteroatoms. The lowest BCUT2D eigenvalue weighted by atomic mass is 10.1. The van der Waals surface area contributed by atoms with E-state index in [-0.39, 0.29) is 30.2 Å². The van der Waals surface area contributed by atoms with Crippen molar-refractivity contribution in [3.63, 3.8) is 0 Å². The molecule has 1 heterocycles. The van der Waals surface area contributed by atoms with E-state index in [0.717, 1.165) is 18.2 Å². The molecule has 1 saturated heterocycles. The fourth-order valence-electron chi connectivity index (χ4n) is 1.90. The van der Waals surface area contributed by atoms with Gasteiger partial charge in [-0.2, -0.15) is 13.2 Å². The first-order valence-electron chi connectivity index (χ1n) is 5.24. The molecule has 4 nitrogen and oxygen atoms in total. The molecule has 98 valence electrons. The van der Waals surface area contributed by atoms with Gasteiger partial charge in [0.15, 0.2) is 0 Å². The van der Waals surface area contributed by atoms with Gasteiger partial charge in [-0.3, -0.25) is 4.79 Å². The summed E-state index contributed by atoms with van der Waals surface area (Å²) in [6, 6.07) is 2.80. The maximum absolute atomic E-state index is 12.4. The van der Waals surface area contributed by atoms with Crippen LogP contribution in [-0.4, -0.2) is 23.7 Å². The Kier molecular flexibility index (Phi) is 2.94. The molecule has 0 aliphatic carbocycles. The Balaban J connectivity index is 2.34. The second-order valence-corrected chi connectivity index (χ2v) is 4.13. The van der Waals surface area contributed by atoms with Gasteiger partial charge < -0.3 is 15.7 Å². The predicted molar refractivity (Wildman–Crippen MR) is 58.8 cm³/mol. The Hall–Kier alpha value is -1.76. The number of alkyl halides is 3. The fourth-order valence-corrected chi connectivity index (χ4v) is 1.90. The maximum atomic E-state index is 12.4. The zero-order valence-corrected chi connectivity index (χ0v) is 9.24. The van der Waals surface area contributed by atoms with Gasteiger partial charge in [-0.25, -0.2) is 0 Å². The summed E-state index contributed by atoms with van der Waals surface area (Å²) in [5.41, 5.74) is 4.73. The van der Waals surface area contributed by atoms with Crippen molar-refractivity contribution in [2.45, 2.75) is 18.7 Å². The van der Waals surface area contributed by atoms with E-state index in [1.807, 2.05) is 0 Å². The fraction of sp³-hybridized carbons (Fsp3) is 0.364. The summed E-state index contributed by atoms with van der Waals surface area (Å²) in [5.74, 6) is -0.353. The molecule has 1 aliphatic rings. The number of rotatable bonds is 1. The normalized spacial score (nSPS) is 20.6. The SMILES string of the molecule is Nc1cc(C(F)(F)F)ccc1N1CC(O)CC1=O. The molecule has 1 atom stereocenters. The third-order valence-corrected chi connectivity index (χ3v) is 2.75. The number of hydrogen-bond acceptors (Lipinski definition) is 3. The molecule has 0 bridgehead atoms. The van der Waals surface area contributed by atoms with Crippen molar-refractivity contribution < 1.29 is 23.1 Å². The summed E-state index contributed by atoms with van der Waals surface area (Å²) in [5, 5.41) is 9.32. The number of benzene rings is 1. The van der Waals surface area contributed by atoms with Crippen molar-refractivity contribution >= 4 is 17.3 Å². The smallest absolute Gasteiger partial charge is 0.397 e. The molecule has 0 aromatic heterocycles. The summed E-state index contributed by atoms with van der Waals surface area (Å²) >= 11 is 0. The predicted octanol–water partition coefficient (Wildman–Crippen LogP) is 1.39. The lowest BCUT2D eigenvalue weighted by molar-refractivity contribution is -0.137. The summed E-state index contributed by atoms with van der Waals surface area (Å²) in [6.45, 7) is 0.0500. The van der Waals surface area contributed by atoms with Crippen LogP contribution < -0.4 is 10.6 Å². The number of nitrogens with zero attached hydrogens (tertiary/aromatic N) is 1. The van der Waals surface area contributed by atoms with E-state index in [4.69, 9.17) is 5.73 Å². The lowest BCUT2D eigenvalue weighted by Gasteiger charge is -2.19. The van der Waals surface area contributed by atoms with Crippen LogP contribution in [0.4, 0.5) is 24.5 Å². The number of amides is 1. The highest BCUT2D eigenvalue weighted by atomic mass is 19.4. The minimum absolute atomic E-state index is 0.0412. The van der Waals surface area contributed by atoms with Gasteiger partial charge in [0.25, 0.3) is 0 Å². The number of β-amino-alcohol motifs (C(OH)–C–C–N with tert-alkyl or cyclic N) is 1. The number of nitrogens with two attached hydrogens (primary N) is 1. The van der Waals surface area contributed by atoms with Crippen molar-refractivity contribution in [1.82, 2.24) is 0 Å². The minimum atomic E-state index is -4.47. The monoisotopic (exact) mass is 260 g/mol. The van der Waals surface area contributed by atoms with E-state index in [2.05, 4.69) is 0 Å². The lowest BCUT2D eigenvalue weighted by Crippen LogP contribution is -2.26. The van der Waals surface area contributed by atoms with Crippen LogP contribution in [0.15, 0.2) is 18.2 Å². The van der Waals surface area contributed by atoms with Crippen LogP contribution in [0.5, 0.6) is 0 Å². The Morgan fingerprint density at radius 1 is 1.39 bits per heavy atom. The van der Waals surface area contributed by atoms with E-state index >= 15 is 0 Å². The first kappa shape index (κ1) is 12.7. The largest absolute Gasteiger partial charge is 0.416 e. The van der Waals surface area contributed by atoms with Crippen molar-refractivity contribution in [2.24, 2.45) is 0 Å². The Labute approximate surface area is 101 Å². The number of carbonyl (C=O) groups excluding carboxylic acids is 1. The van der Waals surface area contributed by atoms with E-state index in [1.54, 1.807) is 0 Å². The summed E-state index contributed by atoms with van der Waals surface area (Å²) in [6.07, 6.45) is -5.32. The molecule has 1 amide bonds. The van der Waals surface area contributed by atoms with Gasteiger partial charge in [0, 0.05) is 0 Å². The molecule has 18 heavy (non-hydrogen) atoms. The molecule has 1 fully saturated rings. The van der Waals surface area contributed by atoms with Crippen molar-refractivity contribution in [1.29, 1.82) is 0 Å². The number of aliphatic hydroxyl groups excluding tert-OH is 1. The van der Waals surface area contributed by atoms with Crippen molar-refractivity contribution in [2.75, 3.05) is 17.2 Å². The Bertz CT molecular complexity index is 488. The quantitative estimate of drug-likeness (QED) is 0.750. The second kappa shape index (κ2) is 4.16. The number of hydrogen-bond donors (Lipinski definition) is 2. The van der Waals surface area contributed by atoms with Gasteiger partial charge in [0.1, 0.15) is 0 Å². The molecule has 0 spiro atoms. The second-order valence-electron chi connectivity index (χ2n) is 4.13. The maximum Gasteiger partial charge on any atom is 0.416 e. The van der Waals surface area contributed by atoms with Crippen molar-refractivity contribution in [3.05, 3.63) is 23.8 Å². The third-order valence-electron chi connectivity index (χ3n) is 2.75. The third kappa shape index (κ3) is 2.26. The van der Waals surface area contributed by atoms with E-state index in [1.165, 1.54) is 4.90 Å². The average Bonchev–Trinajstić information content (AvgIpc) is 2.56. The summed E-state index contributed by atoms with van der Waals surface area (Å²) < 4.78 is 37.3. The van der Waals surface area contributed by atoms with Gasteiger partial charge >= 0.3 is 6.18 Å². The standard InChI is InChI=1S/C11H11F3N2O2/c12-11(13,14)6-1-2-9(8(15)3-6)16-5-7(17)4-10(16)18/h1-3,7,17H,4-5,15H2. The minimum Gasteiger partial charge on any atom is -0.397 e. The first-order chi connectivity index (χ1) is 8.29. The van der Waals surface area contributed by atoms with Crippen LogP contribution in [0, 0.1) is 0 Å². The topological polar surface area (TPSA) is 66.6 Å². The molecule has 1 aromatic carbocycles. The van der Waals surface area contributed by atoms with E-state index in [9.17, 15) is 23.1 Å². The van der Waals surface area contributed by atoms with E-state index < -0.39 is 17.8 Å². The molecule has 1 aromatic rings. The van der Waals surface area contributed by atoms with Crippen LogP contribution in [0.25, 0.3) is 0 Å². The number of carbonyl (C=O) groups is 1. The number of halogens is 3. The van der Waals surface area contributed by atoms with Crippen molar-refractivity contribution in [3.8, 4) is 0 Å². The molecule has 0 saturated carbocycles. The highest BCUT2D eigenvalue weighted by Crippen LogP contribution is 2.35. The highest BCUT2D eigenvalue weighted by molar-refractivity contribution is 5.98. The number of aliphatic hydroxyl groups is 1. The molecule has 1 aliphatic heterocycles. The van der Waals surface area contributed by atoms with Crippen LogP contribution >= 0.6 is 0 Å². The summed E-state index contributed by atoms with van der Waals surface area (Å²) in [7, 11) is 0. The molecule has 2 rings (SSSR count). The van der Waals surface area contributed by atoms with Crippen LogP contribution in [0.2, 0.25) is 0 Å². The van der Waals surface area contributed by atoms with E-state index in [0.29, 0.717) is 0 Å². The summed E-state index contributed by atoms with van der Waals surface area (Å²) in [4.78, 5) is 12.7. The first-order valence-corrected chi connectivity index (χ1v) is 5.24. The van der Waals surface area contributed by atoms with Gasteiger partial charge in [-0.05, 0) is 18.2 Å². The highest BCUT2D eigenvalue weighted by Gasteiger charge is 2.33. The van der Waals surface area contributed by atoms with Crippen LogP contribution in [0.1, 0.15) is 12.0 Å². The van der Waals surface area contributed by atoms with Gasteiger partial charge in [-0.1, -0.05) is 0 Å². The number of anilines is 2. The van der Waals surface area contributed by atoms with Crippen LogP contribution in [-0.2, 0) is 11.0 Å². The zero-order chi connectivity index (χ0) is 13.5. The molecule has 0 radical (unpaired) electrons. The zero-order valence-electron chi connectivity index (χ0n) is 9.24. The number of nitrogen functional groups attached to an aromatic ring is 1. The molecule has 1 unspecified atom stereocenters. The van der Waals surface area contributed by atoms with Crippen LogP contribution in [0.3, 0.4) is 0 Å². The van der Waals surface area contributed by atoms with Gasteiger partial charge in [-0.15, -0.1) is 0 Å². The molecular weight excluding hydrogens is 249 g/mol. The molecule has 3 N–H and O–H groups in total. The Morgan fingerprint density at radius 3 is 2.50 bits per heavy atom. The average molecular weight is 260 g/mol. The Morgan fingerprint density at radius 2 is 2.06 bits per heavy atom.